The predicted octanol–water partition coefficient (Wildman–Crippen LogP) is 5.33. The number of allylic oxidation sites excluding steroid dienone is 5. The third-order valence-corrected chi connectivity index (χ3v) is 4.47. The standard InChI is InChI=1S/C15H14Br2/c1-2-12-8-6-11-7-9-13(15(17)10-11)4-3-5-14(12)16/h2-3,5,7,9-10H,1,4,6,8H2. The van der Waals surface area contributed by atoms with Gasteiger partial charge in [-0.15, -0.1) is 0 Å². The number of rotatable bonds is 1. The Morgan fingerprint density at radius 3 is 2.71 bits per heavy atom. The van der Waals surface area contributed by atoms with Crippen LogP contribution in [0.25, 0.3) is 0 Å². The monoisotopic (exact) mass is 352 g/mol. The van der Waals surface area contributed by atoms with Crippen LogP contribution in [0.4, 0.5) is 0 Å². The lowest BCUT2D eigenvalue weighted by atomic mass is 10.0. The molecule has 0 atom stereocenters. The molecule has 0 spiro atoms. The van der Waals surface area contributed by atoms with Gasteiger partial charge in [0.1, 0.15) is 0 Å². The van der Waals surface area contributed by atoms with Crippen molar-refractivity contribution in [3.8, 4) is 0 Å². The van der Waals surface area contributed by atoms with Crippen LogP contribution in [-0.2, 0) is 12.8 Å². The molecule has 17 heavy (non-hydrogen) atoms. The lowest BCUT2D eigenvalue weighted by Gasteiger charge is -2.06. The van der Waals surface area contributed by atoms with Gasteiger partial charge in [0.15, 0.2) is 0 Å². The first-order valence-corrected chi connectivity index (χ1v) is 7.24. The zero-order valence-electron chi connectivity index (χ0n) is 9.55. The molecule has 2 aliphatic rings. The molecular formula is C15H14Br2. The van der Waals surface area contributed by atoms with Crippen molar-refractivity contribution in [1.29, 1.82) is 0 Å². The van der Waals surface area contributed by atoms with Crippen molar-refractivity contribution in [2.45, 2.75) is 19.3 Å². The molecule has 2 bridgehead atoms. The van der Waals surface area contributed by atoms with E-state index in [1.807, 2.05) is 6.08 Å². The van der Waals surface area contributed by atoms with Crippen molar-refractivity contribution in [2.75, 3.05) is 0 Å². The highest BCUT2D eigenvalue weighted by atomic mass is 79.9. The summed E-state index contributed by atoms with van der Waals surface area (Å²) in [6, 6.07) is 6.65. The van der Waals surface area contributed by atoms with Crippen molar-refractivity contribution in [3.63, 3.8) is 0 Å². The van der Waals surface area contributed by atoms with Gasteiger partial charge in [-0.3, -0.25) is 0 Å². The van der Waals surface area contributed by atoms with Crippen LogP contribution in [0.15, 0.2) is 57.5 Å². The van der Waals surface area contributed by atoms with Crippen molar-refractivity contribution >= 4 is 31.9 Å². The Kier molecular flexibility index (Phi) is 4.41. The van der Waals surface area contributed by atoms with E-state index in [0.29, 0.717) is 0 Å². The van der Waals surface area contributed by atoms with Gasteiger partial charge in [0.25, 0.3) is 0 Å². The van der Waals surface area contributed by atoms with Crippen LogP contribution in [-0.4, -0.2) is 0 Å². The summed E-state index contributed by atoms with van der Waals surface area (Å²) in [5, 5.41) is 0. The Bertz CT molecular complexity index is 496. The van der Waals surface area contributed by atoms with Crippen molar-refractivity contribution in [2.24, 2.45) is 0 Å². The lowest BCUT2D eigenvalue weighted by molar-refractivity contribution is 0.962. The molecule has 0 saturated carbocycles. The molecule has 0 heterocycles. The molecule has 2 aliphatic carbocycles. The summed E-state index contributed by atoms with van der Waals surface area (Å²) >= 11 is 7.25. The normalized spacial score (nSPS) is 15.9. The number of benzene rings is 1. The van der Waals surface area contributed by atoms with Gasteiger partial charge in [-0.1, -0.05) is 68.8 Å². The summed E-state index contributed by atoms with van der Waals surface area (Å²) in [5.41, 5.74) is 3.96. The van der Waals surface area contributed by atoms with Gasteiger partial charge in [-0.25, -0.2) is 0 Å². The van der Waals surface area contributed by atoms with Gasteiger partial charge in [0.05, 0.1) is 0 Å². The molecule has 0 amide bonds. The highest BCUT2D eigenvalue weighted by molar-refractivity contribution is 9.12. The number of fused-ring (bicyclic) bond motifs is 6. The number of hydrogen-bond donors (Lipinski definition) is 0. The summed E-state index contributed by atoms with van der Waals surface area (Å²) in [4.78, 5) is 0. The third kappa shape index (κ3) is 3.20. The molecule has 0 radical (unpaired) electrons. The maximum Gasteiger partial charge on any atom is 0.0213 e. The van der Waals surface area contributed by atoms with Gasteiger partial charge in [-0.2, -0.15) is 0 Å². The Hall–Kier alpha value is -0.600. The second-order valence-electron chi connectivity index (χ2n) is 4.11. The van der Waals surface area contributed by atoms with E-state index in [1.165, 1.54) is 21.2 Å². The van der Waals surface area contributed by atoms with E-state index in [1.54, 1.807) is 0 Å². The van der Waals surface area contributed by atoms with Crippen LogP contribution in [0.1, 0.15) is 17.5 Å². The van der Waals surface area contributed by atoms with Crippen LogP contribution >= 0.6 is 31.9 Å². The van der Waals surface area contributed by atoms with Crippen molar-refractivity contribution in [3.05, 3.63) is 68.7 Å². The summed E-state index contributed by atoms with van der Waals surface area (Å²) in [6.07, 6.45) is 9.25. The van der Waals surface area contributed by atoms with Gasteiger partial charge in [-0.05, 0) is 42.0 Å². The largest absolute Gasteiger partial charge is 0.0988 e. The molecule has 0 nitrogen and oxygen atoms in total. The van der Waals surface area contributed by atoms with E-state index in [0.717, 1.165) is 23.7 Å². The average Bonchev–Trinajstić information content (AvgIpc) is 2.36. The summed E-state index contributed by atoms with van der Waals surface area (Å²) in [5.74, 6) is 0. The second kappa shape index (κ2) is 5.83. The molecule has 2 heteroatoms. The van der Waals surface area contributed by atoms with Crippen molar-refractivity contribution in [1.82, 2.24) is 0 Å². The molecule has 1 aromatic rings. The van der Waals surface area contributed by atoms with E-state index in [2.05, 4.69) is 68.8 Å². The van der Waals surface area contributed by atoms with E-state index < -0.39 is 0 Å². The molecule has 3 rings (SSSR count). The average molecular weight is 354 g/mol. The van der Waals surface area contributed by atoms with Crippen LogP contribution in [0.3, 0.4) is 0 Å². The van der Waals surface area contributed by atoms with Crippen LogP contribution < -0.4 is 0 Å². The first kappa shape index (κ1) is 12.8. The van der Waals surface area contributed by atoms with E-state index >= 15 is 0 Å². The minimum absolute atomic E-state index is 0.945. The fourth-order valence-electron chi connectivity index (χ4n) is 1.91. The van der Waals surface area contributed by atoms with Gasteiger partial charge < -0.3 is 0 Å². The Labute approximate surface area is 119 Å². The summed E-state index contributed by atoms with van der Waals surface area (Å²) < 4.78 is 2.35. The maximum atomic E-state index is 3.88. The molecule has 0 saturated heterocycles. The molecule has 0 fully saturated rings. The SMILES string of the molecule is C=CC1=C(Br)C=CCc2ccc(cc2Br)CC1. The van der Waals surface area contributed by atoms with Crippen LogP contribution in [0.5, 0.6) is 0 Å². The third-order valence-electron chi connectivity index (χ3n) is 2.96. The van der Waals surface area contributed by atoms with Crippen molar-refractivity contribution < 1.29 is 0 Å². The van der Waals surface area contributed by atoms with Crippen LogP contribution in [0.2, 0.25) is 0 Å². The molecule has 88 valence electrons. The Morgan fingerprint density at radius 1 is 1.18 bits per heavy atom. The lowest BCUT2D eigenvalue weighted by Crippen LogP contribution is -1.90. The minimum atomic E-state index is 0.945. The first-order valence-electron chi connectivity index (χ1n) is 5.65. The van der Waals surface area contributed by atoms with E-state index in [-0.39, 0.29) is 0 Å². The molecule has 0 unspecified atom stereocenters. The first-order chi connectivity index (χ1) is 8.20. The van der Waals surface area contributed by atoms with Gasteiger partial charge >= 0.3 is 0 Å². The number of halogens is 2. The van der Waals surface area contributed by atoms with Crippen LogP contribution in [0, 0.1) is 0 Å². The highest BCUT2D eigenvalue weighted by Crippen LogP contribution is 2.25. The molecule has 0 aromatic heterocycles. The second-order valence-corrected chi connectivity index (χ2v) is 5.82. The zero-order valence-corrected chi connectivity index (χ0v) is 12.7. The van der Waals surface area contributed by atoms with E-state index in [9.17, 15) is 0 Å². The fraction of sp³-hybridized carbons (Fsp3) is 0.200. The quantitative estimate of drug-likeness (QED) is 0.640. The predicted molar refractivity (Wildman–Crippen MR) is 81.5 cm³/mol. The molecular weight excluding hydrogens is 340 g/mol. The molecule has 0 aliphatic heterocycles. The Balaban J connectivity index is 2.40. The molecule has 1 aromatic carbocycles. The Morgan fingerprint density at radius 2 is 2.00 bits per heavy atom. The maximum absolute atomic E-state index is 3.88. The topological polar surface area (TPSA) is 0 Å². The van der Waals surface area contributed by atoms with Gasteiger partial charge in [0, 0.05) is 8.96 Å². The fourth-order valence-corrected chi connectivity index (χ4v) is 3.04. The highest BCUT2D eigenvalue weighted by Gasteiger charge is 2.05. The number of hydrogen-bond acceptors (Lipinski definition) is 0. The summed E-state index contributed by atoms with van der Waals surface area (Å²) in [6.45, 7) is 3.88. The van der Waals surface area contributed by atoms with E-state index in [4.69, 9.17) is 0 Å². The van der Waals surface area contributed by atoms with Gasteiger partial charge in [0.2, 0.25) is 0 Å². The number of aryl methyl sites for hydroxylation is 1. The zero-order chi connectivity index (χ0) is 12.3. The minimum Gasteiger partial charge on any atom is -0.0988 e. The molecule has 0 N–H and O–H groups in total. The summed E-state index contributed by atoms with van der Waals surface area (Å²) in [7, 11) is 0. The smallest absolute Gasteiger partial charge is 0.0213 e.